The fourth-order valence-electron chi connectivity index (χ4n) is 1.37. The Morgan fingerprint density at radius 1 is 1.31 bits per heavy atom. The van der Waals surface area contributed by atoms with Crippen molar-refractivity contribution in [2.75, 3.05) is 0 Å². The second kappa shape index (κ2) is 5.39. The molecule has 16 heavy (non-hydrogen) atoms. The lowest BCUT2D eigenvalue weighted by atomic mass is 10.2. The molecule has 0 atom stereocenters. The lowest BCUT2D eigenvalue weighted by molar-refractivity contribution is 0.620. The minimum absolute atomic E-state index is 0.304. The molecule has 0 aliphatic heterocycles. The van der Waals surface area contributed by atoms with Crippen molar-refractivity contribution in [1.29, 1.82) is 0 Å². The lowest BCUT2D eigenvalue weighted by Crippen LogP contribution is -2.11. The van der Waals surface area contributed by atoms with Crippen molar-refractivity contribution in [3.8, 4) is 0 Å². The highest BCUT2D eigenvalue weighted by atomic mass is 35.5. The highest BCUT2D eigenvalue weighted by Gasteiger charge is 1.99. The molecular weight excluding hydrogens is 247 g/mol. The van der Waals surface area contributed by atoms with E-state index in [-0.39, 0.29) is 5.82 Å². The van der Waals surface area contributed by atoms with Crippen LogP contribution in [0.25, 0.3) is 0 Å². The van der Waals surface area contributed by atoms with Crippen LogP contribution in [0, 0.1) is 5.82 Å². The molecule has 0 saturated carbocycles. The van der Waals surface area contributed by atoms with Crippen LogP contribution in [0.5, 0.6) is 0 Å². The summed E-state index contributed by atoms with van der Waals surface area (Å²) in [6, 6.07) is 4.53. The van der Waals surface area contributed by atoms with E-state index < -0.39 is 0 Å². The first kappa shape index (κ1) is 11.5. The number of thiazole rings is 1. The van der Waals surface area contributed by atoms with Crippen LogP contribution in [0.15, 0.2) is 29.9 Å². The summed E-state index contributed by atoms with van der Waals surface area (Å²) in [5, 5.41) is 3.63. The first-order valence-electron chi connectivity index (χ1n) is 4.77. The Bertz CT molecular complexity index is 439. The summed E-state index contributed by atoms with van der Waals surface area (Å²) in [5.74, 6) is -0.304. The predicted octanol–water partition coefficient (Wildman–Crippen LogP) is 3.23. The second-order valence-corrected chi connectivity index (χ2v) is 4.76. The number of nitrogens with zero attached hydrogens (tertiary/aromatic N) is 1. The van der Waals surface area contributed by atoms with E-state index in [1.54, 1.807) is 22.9 Å². The largest absolute Gasteiger partial charge is 0.308 e. The molecule has 0 spiro atoms. The average Bonchev–Trinajstić information content (AvgIpc) is 2.69. The Balaban J connectivity index is 1.89. The molecule has 2 aromatic rings. The van der Waals surface area contributed by atoms with Gasteiger partial charge >= 0.3 is 0 Å². The quantitative estimate of drug-likeness (QED) is 0.909. The third kappa shape index (κ3) is 3.27. The maximum atomic E-state index is 13.0. The highest BCUT2D eigenvalue weighted by molar-refractivity contribution is 7.09. The summed E-state index contributed by atoms with van der Waals surface area (Å²) in [4.78, 5) is 5.13. The Morgan fingerprint density at radius 3 is 2.88 bits per heavy atom. The van der Waals surface area contributed by atoms with Gasteiger partial charge in [0.2, 0.25) is 0 Å². The van der Waals surface area contributed by atoms with Gasteiger partial charge < -0.3 is 5.32 Å². The zero-order valence-electron chi connectivity index (χ0n) is 8.41. The van der Waals surface area contributed by atoms with Gasteiger partial charge in [0.05, 0.1) is 5.51 Å². The second-order valence-electron chi connectivity index (χ2n) is 3.35. The molecule has 0 bridgehead atoms. The number of nitrogens with one attached hydrogen (secondary N) is 1. The molecule has 2 rings (SSSR count). The van der Waals surface area contributed by atoms with Crippen molar-refractivity contribution >= 4 is 22.9 Å². The van der Waals surface area contributed by atoms with E-state index in [9.17, 15) is 4.39 Å². The van der Waals surface area contributed by atoms with Crippen LogP contribution in [0.3, 0.4) is 0 Å². The van der Waals surface area contributed by atoms with Crippen LogP contribution in [0.2, 0.25) is 5.02 Å². The van der Waals surface area contributed by atoms with Gasteiger partial charge in [-0.25, -0.2) is 4.39 Å². The number of hydrogen-bond donors (Lipinski definition) is 1. The zero-order chi connectivity index (χ0) is 11.4. The Morgan fingerprint density at radius 2 is 2.19 bits per heavy atom. The molecule has 1 aromatic carbocycles. The lowest BCUT2D eigenvalue weighted by Gasteiger charge is -2.04. The van der Waals surface area contributed by atoms with E-state index in [0.717, 1.165) is 17.0 Å². The fourth-order valence-corrected chi connectivity index (χ4v) is 2.18. The molecule has 0 fully saturated rings. The van der Waals surface area contributed by atoms with Crippen molar-refractivity contribution in [1.82, 2.24) is 10.3 Å². The number of benzene rings is 1. The molecule has 0 radical (unpaired) electrons. The first-order valence-corrected chi connectivity index (χ1v) is 6.03. The van der Waals surface area contributed by atoms with Gasteiger partial charge in [-0.15, -0.1) is 11.3 Å². The molecule has 1 N–H and O–H groups in total. The maximum Gasteiger partial charge on any atom is 0.125 e. The normalized spacial score (nSPS) is 10.6. The predicted molar refractivity (Wildman–Crippen MR) is 64.1 cm³/mol. The number of hydrogen-bond acceptors (Lipinski definition) is 3. The van der Waals surface area contributed by atoms with Gasteiger partial charge in [-0.05, 0) is 23.8 Å². The van der Waals surface area contributed by atoms with Crippen LogP contribution >= 0.6 is 22.9 Å². The van der Waals surface area contributed by atoms with Gasteiger partial charge in [0.25, 0.3) is 0 Å². The van der Waals surface area contributed by atoms with Gasteiger partial charge in [0.15, 0.2) is 0 Å². The molecule has 5 heteroatoms. The summed E-state index contributed by atoms with van der Waals surface area (Å²) in [5.41, 5.74) is 2.63. The van der Waals surface area contributed by atoms with Crippen LogP contribution in [0.1, 0.15) is 10.4 Å². The maximum absolute atomic E-state index is 13.0. The van der Waals surface area contributed by atoms with E-state index in [1.165, 1.54) is 12.1 Å². The first-order chi connectivity index (χ1) is 7.74. The molecule has 2 nitrogen and oxygen atoms in total. The number of halogens is 2. The Labute approximate surface area is 102 Å². The molecule has 0 aliphatic carbocycles. The van der Waals surface area contributed by atoms with Gasteiger partial charge in [-0.2, -0.15) is 0 Å². The fraction of sp³-hybridized carbons (Fsp3) is 0.182. The zero-order valence-corrected chi connectivity index (χ0v) is 9.98. The highest BCUT2D eigenvalue weighted by Crippen LogP contribution is 2.14. The van der Waals surface area contributed by atoms with Crippen LogP contribution < -0.4 is 5.32 Å². The van der Waals surface area contributed by atoms with Crippen molar-refractivity contribution in [3.05, 3.63) is 51.2 Å². The Hall–Kier alpha value is -0.970. The van der Waals surface area contributed by atoms with Crippen LogP contribution in [0.4, 0.5) is 4.39 Å². The van der Waals surface area contributed by atoms with Crippen molar-refractivity contribution < 1.29 is 4.39 Å². The molecule has 0 aliphatic rings. The smallest absolute Gasteiger partial charge is 0.125 e. The van der Waals surface area contributed by atoms with E-state index >= 15 is 0 Å². The summed E-state index contributed by atoms with van der Waals surface area (Å²) in [7, 11) is 0. The summed E-state index contributed by atoms with van der Waals surface area (Å²) >= 11 is 7.34. The van der Waals surface area contributed by atoms with E-state index in [2.05, 4.69) is 10.3 Å². The summed E-state index contributed by atoms with van der Waals surface area (Å²) in [6.45, 7) is 1.33. The van der Waals surface area contributed by atoms with Crippen molar-refractivity contribution in [2.24, 2.45) is 0 Å². The van der Waals surface area contributed by atoms with Crippen LogP contribution in [-0.4, -0.2) is 4.98 Å². The van der Waals surface area contributed by atoms with Crippen molar-refractivity contribution in [3.63, 3.8) is 0 Å². The number of aromatic nitrogens is 1. The topological polar surface area (TPSA) is 24.9 Å². The molecule has 0 saturated heterocycles. The monoisotopic (exact) mass is 256 g/mol. The van der Waals surface area contributed by atoms with E-state index in [4.69, 9.17) is 11.6 Å². The van der Waals surface area contributed by atoms with E-state index in [0.29, 0.717) is 11.6 Å². The molecular formula is C11H10ClFN2S. The molecule has 84 valence electrons. The molecule has 1 aromatic heterocycles. The minimum atomic E-state index is -0.304. The summed E-state index contributed by atoms with van der Waals surface area (Å²) in [6.07, 6.45) is 1.82. The van der Waals surface area contributed by atoms with Crippen LogP contribution in [-0.2, 0) is 13.1 Å². The third-order valence-electron chi connectivity index (χ3n) is 2.03. The Kier molecular flexibility index (Phi) is 3.88. The third-order valence-corrected chi connectivity index (χ3v) is 3.03. The standard InChI is InChI=1S/C11H10ClFN2S/c12-9-1-8(2-10(13)3-9)4-14-5-11-6-15-7-16-11/h1-3,6-7,14H,4-5H2. The molecule has 1 heterocycles. The van der Waals surface area contributed by atoms with Crippen molar-refractivity contribution in [2.45, 2.75) is 13.1 Å². The summed E-state index contributed by atoms with van der Waals surface area (Å²) < 4.78 is 13.0. The SMILES string of the molecule is Fc1cc(Cl)cc(CNCc2cncs2)c1. The number of rotatable bonds is 4. The molecule has 0 amide bonds. The van der Waals surface area contributed by atoms with Gasteiger partial charge in [0, 0.05) is 29.2 Å². The molecule has 0 unspecified atom stereocenters. The van der Waals surface area contributed by atoms with E-state index in [1.807, 2.05) is 6.20 Å². The minimum Gasteiger partial charge on any atom is -0.308 e. The van der Waals surface area contributed by atoms with Gasteiger partial charge in [-0.1, -0.05) is 11.6 Å². The van der Waals surface area contributed by atoms with Gasteiger partial charge in [0.1, 0.15) is 5.82 Å². The average molecular weight is 257 g/mol. The van der Waals surface area contributed by atoms with Gasteiger partial charge in [-0.3, -0.25) is 4.98 Å².